The van der Waals surface area contributed by atoms with Crippen LogP contribution in [0, 0.1) is 5.82 Å². The third-order valence-corrected chi connectivity index (χ3v) is 4.30. The second-order valence-electron chi connectivity index (χ2n) is 5.68. The highest BCUT2D eigenvalue weighted by atomic mass is 32.2. The molecule has 118 valence electrons. The van der Waals surface area contributed by atoms with E-state index in [1.165, 1.54) is 23.9 Å². The van der Waals surface area contributed by atoms with Gasteiger partial charge in [0.1, 0.15) is 5.82 Å². The largest absolute Gasteiger partial charge is 0.351 e. The first-order valence-corrected chi connectivity index (χ1v) is 8.13. The Hall–Kier alpha value is -1.82. The van der Waals surface area contributed by atoms with Crippen molar-refractivity contribution in [2.45, 2.75) is 37.9 Å². The van der Waals surface area contributed by atoms with Crippen molar-refractivity contribution in [3.63, 3.8) is 0 Å². The van der Waals surface area contributed by atoms with Gasteiger partial charge in [-0.2, -0.15) is 0 Å². The van der Waals surface area contributed by atoms with Crippen LogP contribution in [0.15, 0.2) is 35.6 Å². The van der Waals surface area contributed by atoms with E-state index in [0.29, 0.717) is 10.9 Å². The lowest BCUT2D eigenvalue weighted by molar-refractivity contribution is -0.120. The van der Waals surface area contributed by atoms with Gasteiger partial charge in [-0.3, -0.25) is 4.79 Å². The van der Waals surface area contributed by atoms with E-state index >= 15 is 0 Å². The van der Waals surface area contributed by atoms with E-state index in [9.17, 15) is 9.18 Å². The molecule has 0 fully saturated rings. The molecule has 0 aliphatic rings. The molecule has 0 atom stereocenters. The molecular formula is C16H20FN3OS. The average Bonchev–Trinajstić information content (AvgIpc) is 2.94. The van der Waals surface area contributed by atoms with E-state index in [4.69, 9.17) is 0 Å². The molecule has 2 rings (SSSR count). The minimum atomic E-state index is -0.270. The Bertz CT molecular complexity index is 637. The monoisotopic (exact) mass is 321 g/mol. The summed E-state index contributed by atoms with van der Waals surface area (Å²) in [5, 5.41) is 3.65. The van der Waals surface area contributed by atoms with E-state index in [-0.39, 0.29) is 17.3 Å². The molecule has 0 saturated carbocycles. The lowest BCUT2D eigenvalue weighted by Crippen LogP contribution is -2.43. The summed E-state index contributed by atoms with van der Waals surface area (Å²) in [5.41, 5.74) is 1.47. The SMILES string of the molecule is CCC(C)(C)NC(=O)CSc1ncc(-c2ccc(F)cc2)[nH]1. The number of aromatic amines is 1. The predicted octanol–water partition coefficient (Wildman–Crippen LogP) is 3.61. The number of aromatic nitrogens is 2. The Kier molecular flexibility index (Phi) is 5.24. The van der Waals surface area contributed by atoms with E-state index in [2.05, 4.69) is 15.3 Å². The van der Waals surface area contributed by atoms with Crippen molar-refractivity contribution < 1.29 is 9.18 Å². The molecule has 0 unspecified atom stereocenters. The minimum absolute atomic E-state index is 0.0171. The first-order chi connectivity index (χ1) is 10.4. The minimum Gasteiger partial charge on any atom is -0.351 e. The van der Waals surface area contributed by atoms with Crippen LogP contribution in [-0.2, 0) is 4.79 Å². The fourth-order valence-electron chi connectivity index (χ4n) is 1.79. The molecule has 2 aromatic rings. The standard InChI is InChI=1S/C16H20FN3OS/c1-4-16(2,3)20-14(21)10-22-15-18-9-13(19-15)11-5-7-12(17)8-6-11/h5-9H,4,10H2,1-3H3,(H,18,19)(H,20,21). The Morgan fingerprint density at radius 3 is 2.68 bits per heavy atom. The third-order valence-electron chi connectivity index (χ3n) is 3.41. The maximum absolute atomic E-state index is 12.9. The number of amides is 1. The number of hydrogen-bond acceptors (Lipinski definition) is 3. The number of thioether (sulfide) groups is 1. The van der Waals surface area contributed by atoms with Gasteiger partial charge in [-0.15, -0.1) is 0 Å². The summed E-state index contributed by atoms with van der Waals surface area (Å²) >= 11 is 1.35. The van der Waals surface area contributed by atoms with Crippen LogP contribution in [0.3, 0.4) is 0 Å². The van der Waals surface area contributed by atoms with Crippen molar-refractivity contribution in [2.24, 2.45) is 0 Å². The summed E-state index contributed by atoms with van der Waals surface area (Å²) in [7, 11) is 0. The maximum Gasteiger partial charge on any atom is 0.230 e. The van der Waals surface area contributed by atoms with Crippen LogP contribution in [0.4, 0.5) is 4.39 Å². The predicted molar refractivity (Wildman–Crippen MR) is 87.2 cm³/mol. The zero-order valence-corrected chi connectivity index (χ0v) is 13.8. The topological polar surface area (TPSA) is 57.8 Å². The van der Waals surface area contributed by atoms with Crippen LogP contribution in [0.25, 0.3) is 11.3 Å². The molecule has 0 aliphatic carbocycles. The fourth-order valence-corrected chi connectivity index (χ4v) is 2.44. The number of benzene rings is 1. The van der Waals surface area contributed by atoms with Gasteiger partial charge >= 0.3 is 0 Å². The second-order valence-corrected chi connectivity index (χ2v) is 6.65. The van der Waals surface area contributed by atoms with Gasteiger partial charge in [0.15, 0.2) is 5.16 Å². The number of hydrogen-bond donors (Lipinski definition) is 2. The lowest BCUT2D eigenvalue weighted by Gasteiger charge is -2.24. The highest BCUT2D eigenvalue weighted by Gasteiger charge is 2.18. The second kappa shape index (κ2) is 6.96. The third kappa shape index (κ3) is 4.59. The summed E-state index contributed by atoms with van der Waals surface area (Å²) in [6.07, 6.45) is 2.56. The van der Waals surface area contributed by atoms with Crippen molar-refractivity contribution in [3.05, 3.63) is 36.3 Å². The number of rotatable bonds is 6. The van der Waals surface area contributed by atoms with E-state index in [0.717, 1.165) is 17.7 Å². The molecule has 1 amide bonds. The zero-order chi connectivity index (χ0) is 16.2. The van der Waals surface area contributed by atoms with Crippen molar-refractivity contribution in [1.82, 2.24) is 15.3 Å². The summed E-state index contributed by atoms with van der Waals surface area (Å²) < 4.78 is 12.9. The Labute approximate surface area is 133 Å². The van der Waals surface area contributed by atoms with Crippen LogP contribution in [0.1, 0.15) is 27.2 Å². The van der Waals surface area contributed by atoms with Gasteiger partial charge in [0.25, 0.3) is 0 Å². The highest BCUT2D eigenvalue weighted by Crippen LogP contribution is 2.21. The van der Waals surface area contributed by atoms with Crippen LogP contribution in [-0.4, -0.2) is 27.2 Å². The number of imidazole rings is 1. The van der Waals surface area contributed by atoms with Crippen LogP contribution >= 0.6 is 11.8 Å². The Morgan fingerprint density at radius 2 is 2.05 bits per heavy atom. The Balaban J connectivity index is 1.92. The van der Waals surface area contributed by atoms with Gasteiger partial charge in [0.05, 0.1) is 17.6 Å². The van der Waals surface area contributed by atoms with E-state index < -0.39 is 0 Å². The molecule has 22 heavy (non-hydrogen) atoms. The van der Waals surface area contributed by atoms with Crippen LogP contribution in [0.2, 0.25) is 0 Å². The van der Waals surface area contributed by atoms with Crippen molar-refractivity contribution in [3.8, 4) is 11.3 Å². The molecule has 1 heterocycles. The maximum atomic E-state index is 12.9. The molecule has 0 saturated heterocycles. The van der Waals surface area contributed by atoms with Gasteiger partial charge in [0.2, 0.25) is 5.91 Å². The fraction of sp³-hybridized carbons (Fsp3) is 0.375. The zero-order valence-electron chi connectivity index (χ0n) is 12.9. The molecule has 0 aliphatic heterocycles. The number of carbonyl (C=O) groups excluding carboxylic acids is 1. The summed E-state index contributed by atoms with van der Waals surface area (Å²) in [6, 6.07) is 6.19. The first-order valence-electron chi connectivity index (χ1n) is 7.14. The molecule has 2 N–H and O–H groups in total. The number of carbonyl (C=O) groups is 1. The van der Waals surface area contributed by atoms with E-state index in [1.807, 2.05) is 20.8 Å². The molecule has 4 nitrogen and oxygen atoms in total. The molecular weight excluding hydrogens is 301 g/mol. The van der Waals surface area contributed by atoms with Gasteiger partial charge < -0.3 is 10.3 Å². The lowest BCUT2D eigenvalue weighted by atomic mass is 10.0. The summed E-state index contributed by atoms with van der Waals surface area (Å²) in [4.78, 5) is 19.3. The smallest absolute Gasteiger partial charge is 0.230 e. The van der Waals surface area contributed by atoms with Crippen molar-refractivity contribution in [2.75, 3.05) is 5.75 Å². The van der Waals surface area contributed by atoms with E-state index in [1.54, 1.807) is 18.3 Å². The molecule has 1 aromatic carbocycles. The average molecular weight is 321 g/mol. The molecule has 0 spiro atoms. The van der Waals surface area contributed by atoms with Gasteiger partial charge in [-0.1, -0.05) is 18.7 Å². The van der Waals surface area contributed by atoms with Gasteiger partial charge in [-0.05, 0) is 50.1 Å². The highest BCUT2D eigenvalue weighted by molar-refractivity contribution is 7.99. The summed E-state index contributed by atoms with van der Waals surface area (Å²) in [5.74, 6) is 0.0180. The Morgan fingerprint density at radius 1 is 1.36 bits per heavy atom. The number of nitrogens with one attached hydrogen (secondary N) is 2. The molecule has 1 aromatic heterocycles. The number of nitrogens with zero attached hydrogens (tertiary/aromatic N) is 1. The number of H-pyrrole nitrogens is 1. The first kappa shape index (κ1) is 16.5. The molecule has 0 radical (unpaired) electrons. The number of halogens is 1. The summed E-state index contributed by atoms with van der Waals surface area (Å²) in [6.45, 7) is 6.03. The van der Waals surface area contributed by atoms with Gasteiger partial charge in [-0.25, -0.2) is 9.37 Å². The van der Waals surface area contributed by atoms with Crippen LogP contribution < -0.4 is 5.32 Å². The normalized spacial score (nSPS) is 11.5. The van der Waals surface area contributed by atoms with Gasteiger partial charge in [0, 0.05) is 5.54 Å². The van der Waals surface area contributed by atoms with Crippen LogP contribution in [0.5, 0.6) is 0 Å². The van der Waals surface area contributed by atoms with Crippen molar-refractivity contribution >= 4 is 17.7 Å². The molecule has 0 bridgehead atoms. The van der Waals surface area contributed by atoms with Crippen molar-refractivity contribution in [1.29, 1.82) is 0 Å². The quantitative estimate of drug-likeness (QED) is 0.799. The molecule has 6 heteroatoms.